The minimum Gasteiger partial charge on any atom is -0.486 e. The molecule has 0 amide bonds. The summed E-state index contributed by atoms with van der Waals surface area (Å²) in [7, 11) is -3.71. The van der Waals surface area contributed by atoms with E-state index in [9.17, 15) is 8.42 Å². The third-order valence-corrected chi connectivity index (χ3v) is 6.83. The van der Waals surface area contributed by atoms with Gasteiger partial charge in [-0.2, -0.15) is 4.31 Å². The Morgan fingerprint density at radius 2 is 1.85 bits per heavy atom. The number of sulfonamides is 1. The number of ether oxygens (including phenoxy) is 2. The number of nitrogens with one attached hydrogen (secondary N) is 1. The van der Waals surface area contributed by atoms with Gasteiger partial charge in [-0.15, -0.1) is 0 Å². The van der Waals surface area contributed by atoms with Gasteiger partial charge in [-0.05, 0) is 23.8 Å². The molecule has 4 rings (SSSR count). The number of rotatable bonds is 3. The summed E-state index contributed by atoms with van der Waals surface area (Å²) in [5, 5.41) is 3.81. The van der Waals surface area contributed by atoms with Crippen LogP contribution in [0.3, 0.4) is 0 Å². The van der Waals surface area contributed by atoms with Crippen LogP contribution in [0, 0.1) is 0 Å². The average molecular weight is 395 g/mol. The Morgan fingerprint density at radius 3 is 2.65 bits per heavy atom. The lowest BCUT2D eigenvalue weighted by molar-refractivity contribution is 0.171. The lowest BCUT2D eigenvalue weighted by Crippen LogP contribution is -2.48. The molecule has 0 radical (unpaired) electrons. The van der Waals surface area contributed by atoms with Gasteiger partial charge in [0, 0.05) is 30.7 Å². The molecule has 0 aliphatic carbocycles. The smallest absolute Gasteiger partial charge is 0.243 e. The molecule has 138 valence electrons. The first-order valence-corrected chi connectivity index (χ1v) is 10.3. The summed E-state index contributed by atoms with van der Waals surface area (Å²) in [6.45, 7) is 2.34. The molecule has 2 aliphatic heterocycles. The zero-order chi connectivity index (χ0) is 18.1. The number of piperazine rings is 1. The van der Waals surface area contributed by atoms with Gasteiger partial charge in [0.15, 0.2) is 11.5 Å². The molecule has 2 aromatic rings. The highest BCUT2D eigenvalue weighted by atomic mass is 35.5. The fraction of sp³-hybridized carbons (Fsp3) is 0.333. The van der Waals surface area contributed by atoms with Crippen molar-refractivity contribution in [1.82, 2.24) is 9.62 Å². The fourth-order valence-electron chi connectivity index (χ4n) is 3.30. The maximum atomic E-state index is 13.3. The molecule has 0 bridgehead atoms. The van der Waals surface area contributed by atoms with Crippen LogP contribution in [0.4, 0.5) is 0 Å². The number of hydrogen-bond donors (Lipinski definition) is 1. The number of nitrogens with zero attached hydrogens (tertiary/aromatic N) is 1. The Hall–Kier alpha value is -1.80. The lowest BCUT2D eigenvalue weighted by atomic mass is 10.1. The summed E-state index contributed by atoms with van der Waals surface area (Å²) in [4.78, 5) is 0.195. The van der Waals surface area contributed by atoms with Crippen molar-refractivity contribution in [1.29, 1.82) is 0 Å². The van der Waals surface area contributed by atoms with E-state index in [1.165, 1.54) is 10.4 Å². The molecule has 1 fully saturated rings. The summed E-state index contributed by atoms with van der Waals surface area (Å²) >= 11 is 6.33. The Balaban J connectivity index is 1.72. The first-order valence-electron chi connectivity index (χ1n) is 8.44. The molecular weight excluding hydrogens is 376 g/mol. The summed E-state index contributed by atoms with van der Waals surface area (Å²) in [6.07, 6.45) is 0. The molecular formula is C18H19ClN2O4S. The minimum atomic E-state index is -3.71. The summed E-state index contributed by atoms with van der Waals surface area (Å²) in [6, 6.07) is 11.7. The van der Waals surface area contributed by atoms with Gasteiger partial charge < -0.3 is 14.8 Å². The topological polar surface area (TPSA) is 67.9 Å². The Bertz CT molecular complexity index is 919. The average Bonchev–Trinajstić information content (AvgIpc) is 2.68. The van der Waals surface area contributed by atoms with E-state index in [2.05, 4.69) is 5.32 Å². The normalized spacial score (nSPS) is 20.7. The third-order valence-electron chi connectivity index (χ3n) is 4.58. The number of halogens is 1. The van der Waals surface area contributed by atoms with Gasteiger partial charge in [-0.3, -0.25) is 0 Å². The molecule has 2 aliphatic rings. The van der Waals surface area contributed by atoms with Crippen molar-refractivity contribution >= 4 is 21.6 Å². The molecule has 6 nitrogen and oxygen atoms in total. The molecule has 1 saturated heterocycles. The standard InChI is InChI=1S/C18H19ClN2O4S/c19-15-4-2-1-3-14(15)16-12-20-7-8-21(16)26(22,23)13-5-6-17-18(11-13)25-10-9-24-17/h1-6,11,16,20H,7-10,12H2. The van der Waals surface area contributed by atoms with Gasteiger partial charge in [0.25, 0.3) is 0 Å². The van der Waals surface area contributed by atoms with Crippen LogP contribution < -0.4 is 14.8 Å². The SMILES string of the molecule is O=S(=O)(c1ccc2c(c1)OCCO2)N1CCNCC1c1ccccc1Cl. The van der Waals surface area contributed by atoms with Crippen LogP contribution in [-0.4, -0.2) is 45.6 Å². The van der Waals surface area contributed by atoms with Gasteiger partial charge in [-0.1, -0.05) is 29.8 Å². The molecule has 0 spiro atoms. The van der Waals surface area contributed by atoms with Gasteiger partial charge in [-0.25, -0.2) is 8.42 Å². The summed E-state index contributed by atoms with van der Waals surface area (Å²) < 4.78 is 39.2. The quantitative estimate of drug-likeness (QED) is 0.866. The third kappa shape index (κ3) is 3.16. The van der Waals surface area contributed by atoms with E-state index >= 15 is 0 Å². The van der Waals surface area contributed by atoms with Crippen LogP contribution >= 0.6 is 11.6 Å². The summed E-state index contributed by atoms with van der Waals surface area (Å²) in [5.41, 5.74) is 0.794. The largest absolute Gasteiger partial charge is 0.486 e. The van der Waals surface area contributed by atoms with E-state index in [-0.39, 0.29) is 10.9 Å². The number of fused-ring (bicyclic) bond motifs is 1. The van der Waals surface area contributed by atoms with Crippen molar-refractivity contribution in [2.24, 2.45) is 0 Å². The van der Waals surface area contributed by atoms with Gasteiger partial charge in [0.05, 0.1) is 10.9 Å². The number of benzene rings is 2. The minimum absolute atomic E-state index is 0.195. The zero-order valence-corrected chi connectivity index (χ0v) is 15.6. The molecule has 2 heterocycles. The van der Waals surface area contributed by atoms with Crippen molar-refractivity contribution in [3.63, 3.8) is 0 Å². The molecule has 2 aromatic carbocycles. The second kappa shape index (κ2) is 7.08. The second-order valence-corrected chi connectivity index (χ2v) is 8.46. The first-order chi connectivity index (χ1) is 12.6. The van der Waals surface area contributed by atoms with Crippen molar-refractivity contribution in [3.05, 3.63) is 53.1 Å². The molecule has 26 heavy (non-hydrogen) atoms. The van der Waals surface area contributed by atoms with Crippen molar-refractivity contribution in [3.8, 4) is 11.5 Å². The Kier molecular flexibility index (Phi) is 4.79. The Labute approximate surface area is 157 Å². The highest BCUT2D eigenvalue weighted by Crippen LogP contribution is 2.36. The van der Waals surface area contributed by atoms with E-state index in [1.54, 1.807) is 18.2 Å². The summed E-state index contributed by atoms with van der Waals surface area (Å²) in [5.74, 6) is 1.03. The van der Waals surface area contributed by atoms with Crippen LogP contribution in [-0.2, 0) is 10.0 Å². The van der Waals surface area contributed by atoms with E-state index in [4.69, 9.17) is 21.1 Å². The fourth-order valence-corrected chi connectivity index (χ4v) is 5.19. The van der Waals surface area contributed by atoms with Crippen LogP contribution in [0.15, 0.2) is 47.4 Å². The second-order valence-electron chi connectivity index (χ2n) is 6.16. The van der Waals surface area contributed by atoms with Gasteiger partial charge in [0.1, 0.15) is 13.2 Å². The van der Waals surface area contributed by atoms with E-state index < -0.39 is 10.0 Å². The van der Waals surface area contributed by atoms with E-state index in [1.807, 2.05) is 18.2 Å². The monoisotopic (exact) mass is 394 g/mol. The molecule has 0 aromatic heterocycles. The maximum absolute atomic E-state index is 13.3. The van der Waals surface area contributed by atoms with Crippen molar-refractivity contribution in [2.75, 3.05) is 32.8 Å². The van der Waals surface area contributed by atoms with Crippen LogP contribution in [0.2, 0.25) is 5.02 Å². The van der Waals surface area contributed by atoms with Crippen molar-refractivity contribution in [2.45, 2.75) is 10.9 Å². The molecule has 1 unspecified atom stereocenters. The highest BCUT2D eigenvalue weighted by Gasteiger charge is 2.35. The van der Waals surface area contributed by atoms with E-state index in [0.717, 1.165) is 5.56 Å². The lowest BCUT2D eigenvalue weighted by Gasteiger charge is -2.36. The van der Waals surface area contributed by atoms with Crippen LogP contribution in [0.1, 0.15) is 11.6 Å². The predicted octanol–water partition coefficient (Wildman–Crippen LogP) is 2.45. The van der Waals surface area contributed by atoms with Crippen LogP contribution in [0.25, 0.3) is 0 Å². The Morgan fingerprint density at radius 1 is 1.08 bits per heavy atom. The predicted molar refractivity (Wildman–Crippen MR) is 98.4 cm³/mol. The molecule has 1 N–H and O–H groups in total. The van der Waals surface area contributed by atoms with Gasteiger partial charge >= 0.3 is 0 Å². The van der Waals surface area contributed by atoms with Gasteiger partial charge in [0.2, 0.25) is 10.0 Å². The maximum Gasteiger partial charge on any atom is 0.243 e. The molecule has 1 atom stereocenters. The number of hydrogen-bond acceptors (Lipinski definition) is 5. The molecule has 0 saturated carbocycles. The van der Waals surface area contributed by atoms with E-state index in [0.29, 0.717) is 49.4 Å². The van der Waals surface area contributed by atoms with Crippen LogP contribution in [0.5, 0.6) is 11.5 Å². The van der Waals surface area contributed by atoms with Crippen molar-refractivity contribution < 1.29 is 17.9 Å². The highest BCUT2D eigenvalue weighted by molar-refractivity contribution is 7.89. The zero-order valence-electron chi connectivity index (χ0n) is 14.0. The molecule has 8 heteroatoms. The first kappa shape index (κ1) is 17.6.